The Morgan fingerprint density at radius 3 is 2.71 bits per heavy atom. The van der Waals surface area contributed by atoms with Gasteiger partial charge in [0, 0.05) is 5.56 Å². The summed E-state index contributed by atoms with van der Waals surface area (Å²) >= 11 is 0. The van der Waals surface area contributed by atoms with Crippen LogP contribution in [0.5, 0.6) is 5.75 Å². The van der Waals surface area contributed by atoms with Crippen molar-refractivity contribution >= 4 is 12.1 Å². The minimum atomic E-state index is -0.442. The van der Waals surface area contributed by atoms with E-state index < -0.39 is 5.91 Å². The van der Waals surface area contributed by atoms with E-state index in [0.717, 1.165) is 5.56 Å². The maximum absolute atomic E-state index is 11.6. The molecule has 0 aliphatic carbocycles. The van der Waals surface area contributed by atoms with Crippen LogP contribution in [0.15, 0.2) is 46.1 Å². The number of amides is 1. The van der Waals surface area contributed by atoms with Crippen LogP contribution in [0.1, 0.15) is 42.5 Å². The molecule has 1 amide bonds. The first-order valence-electron chi connectivity index (χ1n) is 6.58. The highest BCUT2D eigenvalue weighted by Crippen LogP contribution is 2.26. The van der Waals surface area contributed by atoms with E-state index in [1.165, 1.54) is 12.5 Å². The fourth-order valence-electron chi connectivity index (χ4n) is 1.75. The van der Waals surface area contributed by atoms with Gasteiger partial charge in [0.1, 0.15) is 5.75 Å². The van der Waals surface area contributed by atoms with Crippen molar-refractivity contribution in [3.8, 4) is 5.75 Å². The molecule has 2 N–H and O–H groups in total. The normalized spacial score (nSPS) is 11.8. The first-order valence-corrected chi connectivity index (χ1v) is 6.58. The summed E-state index contributed by atoms with van der Waals surface area (Å²) in [6.07, 6.45) is 2.82. The number of hydrazone groups is 1. The SMILES string of the molecule is CC(C)(C)c1ccc(O)c(/C=N/NC(=O)c2ccco2)c1. The number of furan rings is 1. The molecule has 2 aromatic rings. The van der Waals surface area contributed by atoms with Gasteiger partial charge in [-0.15, -0.1) is 0 Å². The molecule has 1 aromatic heterocycles. The van der Waals surface area contributed by atoms with Crippen molar-refractivity contribution in [3.63, 3.8) is 0 Å². The smallest absolute Gasteiger partial charge is 0.307 e. The third-order valence-electron chi connectivity index (χ3n) is 3.01. The van der Waals surface area contributed by atoms with Gasteiger partial charge in [-0.05, 0) is 35.2 Å². The first kappa shape index (κ1) is 14.8. The average molecular weight is 286 g/mol. The van der Waals surface area contributed by atoms with Gasteiger partial charge in [0.05, 0.1) is 12.5 Å². The zero-order chi connectivity index (χ0) is 15.5. The summed E-state index contributed by atoms with van der Waals surface area (Å²) in [6.45, 7) is 6.25. The maximum atomic E-state index is 11.6. The molecule has 1 heterocycles. The van der Waals surface area contributed by atoms with Crippen molar-refractivity contribution in [3.05, 3.63) is 53.5 Å². The lowest BCUT2D eigenvalue weighted by Gasteiger charge is -2.19. The number of rotatable bonds is 3. The Hall–Kier alpha value is -2.56. The number of carbonyl (C=O) groups is 1. The number of nitrogens with one attached hydrogen (secondary N) is 1. The van der Waals surface area contributed by atoms with E-state index in [2.05, 4.69) is 31.3 Å². The quantitative estimate of drug-likeness (QED) is 0.672. The summed E-state index contributed by atoms with van der Waals surface area (Å²) in [6, 6.07) is 8.50. The van der Waals surface area contributed by atoms with Crippen LogP contribution < -0.4 is 5.43 Å². The summed E-state index contributed by atoms with van der Waals surface area (Å²) < 4.78 is 4.95. The third kappa shape index (κ3) is 3.72. The van der Waals surface area contributed by atoms with Crippen LogP contribution in [-0.4, -0.2) is 17.2 Å². The molecule has 2 rings (SSSR count). The number of nitrogens with zero attached hydrogens (tertiary/aromatic N) is 1. The largest absolute Gasteiger partial charge is 0.507 e. The maximum Gasteiger partial charge on any atom is 0.307 e. The van der Waals surface area contributed by atoms with Crippen molar-refractivity contribution in [2.75, 3.05) is 0 Å². The number of hydrogen-bond acceptors (Lipinski definition) is 4. The molecule has 110 valence electrons. The second-order valence-corrected chi connectivity index (χ2v) is 5.70. The number of hydrogen-bond donors (Lipinski definition) is 2. The van der Waals surface area contributed by atoms with Crippen LogP contribution in [0.2, 0.25) is 0 Å². The second kappa shape index (κ2) is 5.83. The lowest BCUT2D eigenvalue weighted by atomic mass is 9.86. The highest BCUT2D eigenvalue weighted by molar-refractivity contribution is 5.92. The van der Waals surface area contributed by atoms with Crippen LogP contribution in [-0.2, 0) is 5.41 Å². The van der Waals surface area contributed by atoms with Gasteiger partial charge in [-0.1, -0.05) is 26.8 Å². The average Bonchev–Trinajstić information content (AvgIpc) is 2.93. The number of phenols is 1. The Balaban J connectivity index is 2.12. The van der Waals surface area contributed by atoms with Crippen LogP contribution in [0, 0.1) is 0 Å². The van der Waals surface area contributed by atoms with Gasteiger partial charge in [-0.25, -0.2) is 5.43 Å². The van der Waals surface area contributed by atoms with Gasteiger partial charge in [-0.2, -0.15) is 5.10 Å². The van der Waals surface area contributed by atoms with Crippen LogP contribution in [0.3, 0.4) is 0 Å². The molecule has 0 bridgehead atoms. The van der Waals surface area contributed by atoms with E-state index in [0.29, 0.717) is 5.56 Å². The number of aromatic hydroxyl groups is 1. The van der Waals surface area contributed by atoms with Gasteiger partial charge >= 0.3 is 5.91 Å². The molecule has 21 heavy (non-hydrogen) atoms. The summed E-state index contributed by atoms with van der Waals surface area (Å²) in [4.78, 5) is 11.6. The number of phenolic OH excluding ortho intramolecular Hbond substituents is 1. The predicted molar refractivity (Wildman–Crippen MR) is 80.6 cm³/mol. The van der Waals surface area contributed by atoms with E-state index >= 15 is 0 Å². The molecular weight excluding hydrogens is 268 g/mol. The molecule has 1 aromatic carbocycles. The zero-order valence-electron chi connectivity index (χ0n) is 12.3. The molecule has 0 saturated heterocycles. The third-order valence-corrected chi connectivity index (χ3v) is 3.01. The molecule has 0 aliphatic rings. The van der Waals surface area contributed by atoms with Crippen molar-refractivity contribution in [1.29, 1.82) is 0 Å². The van der Waals surface area contributed by atoms with Crippen LogP contribution in [0.4, 0.5) is 0 Å². The zero-order valence-corrected chi connectivity index (χ0v) is 12.3. The highest BCUT2D eigenvalue weighted by atomic mass is 16.3. The lowest BCUT2D eigenvalue weighted by Crippen LogP contribution is -2.17. The van der Waals surface area contributed by atoms with Crippen molar-refractivity contribution in [1.82, 2.24) is 5.43 Å². The lowest BCUT2D eigenvalue weighted by molar-refractivity contribution is 0.0927. The van der Waals surface area contributed by atoms with E-state index in [9.17, 15) is 9.90 Å². The van der Waals surface area contributed by atoms with Crippen molar-refractivity contribution < 1.29 is 14.3 Å². The molecule has 0 radical (unpaired) electrons. The molecule has 0 fully saturated rings. The fourth-order valence-corrected chi connectivity index (χ4v) is 1.75. The van der Waals surface area contributed by atoms with Gasteiger partial charge in [0.2, 0.25) is 0 Å². The minimum absolute atomic E-state index is 0.0340. The summed E-state index contributed by atoms with van der Waals surface area (Å²) in [7, 11) is 0. The number of benzene rings is 1. The Morgan fingerprint density at radius 1 is 1.33 bits per heavy atom. The van der Waals surface area contributed by atoms with Crippen molar-refractivity contribution in [2.45, 2.75) is 26.2 Å². The van der Waals surface area contributed by atoms with E-state index in [1.54, 1.807) is 18.2 Å². The monoisotopic (exact) mass is 286 g/mol. The standard InChI is InChI=1S/C16H18N2O3/c1-16(2,3)12-6-7-13(19)11(9-12)10-17-18-15(20)14-5-4-8-21-14/h4-10,19H,1-3H3,(H,18,20)/b17-10+. The molecule has 0 aliphatic heterocycles. The van der Waals surface area contributed by atoms with Crippen LogP contribution >= 0.6 is 0 Å². The van der Waals surface area contributed by atoms with Gasteiger partial charge < -0.3 is 9.52 Å². The Kier molecular flexibility index (Phi) is 4.12. The van der Waals surface area contributed by atoms with E-state index in [4.69, 9.17) is 4.42 Å². The summed E-state index contributed by atoms with van der Waals surface area (Å²) in [5.41, 5.74) is 3.92. The predicted octanol–water partition coefficient (Wildman–Crippen LogP) is 3.05. The Labute approximate surface area is 123 Å². The molecule has 0 unspecified atom stereocenters. The molecule has 0 spiro atoms. The van der Waals surface area contributed by atoms with Gasteiger partial charge in [0.25, 0.3) is 0 Å². The van der Waals surface area contributed by atoms with Gasteiger partial charge in [0.15, 0.2) is 5.76 Å². The molecule has 0 saturated carbocycles. The molecule has 5 heteroatoms. The second-order valence-electron chi connectivity index (χ2n) is 5.70. The first-order chi connectivity index (χ1) is 9.88. The molecule has 5 nitrogen and oxygen atoms in total. The highest BCUT2D eigenvalue weighted by Gasteiger charge is 2.15. The van der Waals surface area contributed by atoms with Gasteiger partial charge in [-0.3, -0.25) is 4.79 Å². The number of carbonyl (C=O) groups excluding carboxylic acids is 1. The minimum Gasteiger partial charge on any atom is -0.507 e. The summed E-state index contributed by atoms with van der Waals surface area (Å²) in [5.74, 6) is -0.151. The van der Waals surface area contributed by atoms with E-state index in [1.807, 2.05) is 12.1 Å². The van der Waals surface area contributed by atoms with Crippen LogP contribution in [0.25, 0.3) is 0 Å². The molecule has 0 atom stereocenters. The Morgan fingerprint density at radius 2 is 2.10 bits per heavy atom. The topological polar surface area (TPSA) is 74.8 Å². The van der Waals surface area contributed by atoms with E-state index in [-0.39, 0.29) is 16.9 Å². The fraction of sp³-hybridized carbons (Fsp3) is 0.250. The Bertz CT molecular complexity index is 653. The van der Waals surface area contributed by atoms with Crippen molar-refractivity contribution in [2.24, 2.45) is 5.10 Å². The molecular formula is C16H18N2O3. The summed E-state index contributed by atoms with van der Waals surface area (Å²) in [5, 5.41) is 13.7.